The molecule has 0 amide bonds. The molecule has 0 atom stereocenters. The lowest BCUT2D eigenvalue weighted by molar-refractivity contribution is -0.0497. The summed E-state index contributed by atoms with van der Waals surface area (Å²) in [4.78, 5) is 4.16. The Hall–Kier alpha value is -0.500. The fourth-order valence-electron chi connectivity index (χ4n) is 1.06. The van der Waals surface area contributed by atoms with E-state index in [1.54, 1.807) is 6.07 Å². The van der Waals surface area contributed by atoms with Crippen LogP contribution >= 0.6 is 33.9 Å². The highest BCUT2D eigenvalue weighted by molar-refractivity contribution is 14.1. The number of thiazole rings is 1. The minimum atomic E-state index is -2.79. The van der Waals surface area contributed by atoms with Crippen LogP contribution in [-0.2, 0) is 0 Å². The third-order valence-electron chi connectivity index (χ3n) is 1.56. The largest absolute Gasteiger partial charge is 0.435 e. The summed E-state index contributed by atoms with van der Waals surface area (Å²) in [5, 5.41) is 0. The van der Waals surface area contributed by atoms with Crippen LogP contribution in [0.1, 0.15) is 0 Å². The van der Waals surface area contributed by atoms with Crippen molar-refractivity contribution in [3.8, 4) is 5.75 Å². The Morgan fingerprint density at radius 2 is 2.21 bits per heavy atom. The second kappa shape index (κ2) is 3.93. The van der Waals surface area contributed by atoms with Gasteiger partial charge in [0.2, 0.25) is 0 Å². The maximum absolute atomic E-state index is 11.9. The highest BCUT2D eigenvalue weighted by Crippen LogP contribution is 2.27. The first-order valence-electron chi connectivity index (χ1n) is 3.66. The molecule has 14 heavy (non-hydrogen) atoms. The van der Waals surface area contributed by atoms with Crippen molar-refractivity contribution in [1.29, 1.82) is 0 Å². The zero-order valence-corrected chi connectivity index (χ0v) is 9.68. The van der Waals surface area contributed by atoms with Crippen molar-refractivity contribution in [1.82, 2.24) is 4.98 Å². The molecule has 2 nitrogen and oxygen atoms in total. The van der Waals surface area contributed by atoms with Gasteiger partial charge in [0.05, 0.1) is 10.2 Å². The van der Waals surface area contributed by atoms with E-state index in [2.05, 4.69) is 32.3 Å². The molecule has 0 aliphatic heterocycles. The SMILES string of the molecule is FC(F)Oc1ccc2sc(I)nc2c1. The number of ether oxygens (including phenoxy) is 1. The van der Waals surface area contributed by atoms with Crippen molar-refractivity contribution >= 4 is 44.1 Å². The Bertz CT molecular complexity index is 460. The van der Waals surface area contributed by atoms with Crippen molar-refractivity contribution in [2.75, 3.05) is 0 Å². The number of hydrogen-bond donors (Lipinski definition) is 0. The van der Waals surface area contributed by atoms with E-state index in [4.69, 9.17) is 0 Å². The van der Waals surface area contributed by atoms with Gasteiger partial charge in [0, 0.05) is 6.07 Å². The third-order valence-corrected chi connectivity index (χ3v) is 3.28. The van der Waals surface area contributed by atoms with Crippen molar-refractivity contribution in [2.24, 2.45) is 0 Å². The van der Waals surface area contributed by atoms with Crippen molar-refractivity contribution < 1.29 is 13.5 Å². The number of benzene rings is 1. The van der Waals surface area contributed by atoms with Gasteiger partial charge in [0.15, 0.2) is 3.01 Å². The van der Waals surface area contributed by atoms with Crippen molar-refractivity contribution in [3.63, 3.8) is 0 Å². The molecule has 6 heteroatoms. The molecule has 0 unspecified atom stereocenters. The molecule has 1 heterocycles. The van der Waals surface area contributed by atoms with Crippen LogP contribution in [0, 0.1) is 3.01 Å². The highest BCUT2D eigenvalue weighted by Gasteiger charge is 2.06. The summed E-state index contributed by atoms with van der Waals surface area (Å²) in [5.74, 6) is 0.147. The van der Waals surface area contributed by atoms with Gasteiger partial charge in [-0.3, -0.25) is 0 Å². The number of nitrogens with zero attached hydrogens (tertiary/aromatic N) is 1. The Balaban J connectivity index is 2.40. The lowest BCUT2D eigenvalue weighted by atomic mass is 10.3. The van der Waals surface area contributed by atoms with E-state index in [0.29, 0.717) is 5.52 Å². The molecule has 0 aliphatic carbocycles. The molecule has 0 aliphatic rings. The molecular formula is C8H4F2INOS. The summed E-state index contributed by atoms with van der Waals surface area (Å²) >= 11 is 3.60. The summed E-state index contributed by atoms with van der Waals surface area (Å²) in [6, 6.07) is 4.76. The van der Waals surface area contributed by atoms with Crippen LogP contribution < -0.4 is 4.74 Å². The molecule has 2 rings (SSSR count). The molecule has 0 fully saturated rings. The highest BCUT2D eigenvalue weighted by atomic mass is 127. The van der Waals surface area contributed by atoms with Gasteiger partial charge in [-0.2, -0.15) is 8.78 Å². The molecule has 1 aromatic carbocycles. The molecule has 0 spiro atoms. The molecular weight excluding hydrogens is 323 g/mol. The molecule has 2 aromatic rings. The molecule has 0 radical (unpaired) electrons. The van der Waals surface area contributed by atoms with E-state index in [-0.39, 0.29) is 5.75 Å². The number of fused-ring (bicyclic) bond motifs is 1. The monoisotopic (exact) mass is 327 g/mol. The summed E-state index contributed by atoms with van der Waals surface area (Å²) in [6.07, 6.45) is 0. The first-order chi connectivity index (χ1) is 6.65. The Morgan fingerprint density at radius 1 is 1.43 bits per heavy atom. The molecule has 0 bridgehead atoms. The number of halogens is 3. The summed E-state index contributed by atoms with van der Waals surface area (Å²) in [6.45, 7) is -2.79. The number of rotatable bonds is 2. The quantitative estimate of drug-likeness (QED) is 0.788. The third kappa shape index (κ3) is 2.11. The first kappa shape index (κ1) is 10.0. The zero-order valence-electron chi connectivity index (χ0n) is 6.71. The van der Waals surface area contributed by atoms with Gasteiger partial charge >= 0.3 is 6.61 Å². The molecule has 1 aromatic heterocycles. The zero-order chi connectivity index (χ0) is 10.1. The van der Waals surface area contributed by atoms with Crippen LogP contribution in [0.4, 0.5) is 8.78 Å². The maximum Gasteiger partial charge on any atom is 0.387 e. The minimum absolute atomic E-state index is 0.147. The first-order valence-corrected chi connectivity index (χ1v) is 5.55. The average Bonchev–Trinajstić information content (AvgIpc) is 2.42. The van der Waals surface area contributed by atoms with E-state index in [9.17, 15) is 8.78 Å². The van der Waals surface area contributed by atoms with Gasteiger partial charge < -0.3 is 4.74 Å². The van der Waals surface area contributed by atoms with E-state index >= 15 is 0 Å². The average molecular weight is 327 g/mol. The molecule has 0 saturated carbocycles. The standard InChI is InChI=1S/C8H4F2INOS/c9-7(10)13-4-1-2-6-5(3-4)12-8(11)14-6/h1-3,7H. The Morgan fingerprint density at radius 3 is 2.93 bits per heavy atom. The topological polar surface area (TPSA) is 22.1 Å². The number of aromatic nitrogens is 1. The second-order valence-corrected chi connectivity index (χ2v) is 5.26. The fraction of sp³-hybridized carbons (Fsp3) is 0.125. The van der Waals surface area contributed by atoms with E-state index in [0.717, 1.165) is 7.71 Å². The summed E-state index contributed by atoms with van der Waals surface area (Å²) < 4.78 is 29.9. The van der Waals surface area contributed by atoms with Crippen LogP contribution in [0.5, 0.6) is 5.75 Å². The second-order valence-electron chi connectivity index (χ2n) is 2.47. The number of alkyl halides is 2. The minimum Gasteiger partial charge on any atom is -0.435 e. The predicted octanol–water partition coefficient (Wildman–Crippen LogP) is 3.50. The predicted molar refractivity (Wildman–Crippen MR) is 59.0 cm³/mol. The van der Waals surface area contributed by atoms with Crippen LogP contribution in [0.25, 0.3) is 10.2 Å². The fourth-order valence-corrected chi connectivity index (χ4v) is 2.70. The van der Waals surface area contributed by atoms with Crippen molar-refractivity contribution in [2.45, 2.75) is 6.61 Å². The smallest absolute Gasteiger partial charge is 0.387 e. The van der Waals surface area contributed by atoms with Gasteiger partial charge in [-0.15, -0.1) is 11.3 Å². The Labute approximate surface area is 96.0 Å². The molecule has 0 N–H and O–H groups in total. The Kier molecular flexibility index (Phi) is 2.82. The van der Waals surface area contributed by atoms with Gasteiger partial charge in [-0.1, -0.05) is 0 Å². The lowest BCUT2D eigenvalue weighted by Crippen LogP contribution is -2.01. The van der Waals surface area contributed by atoms with Crippen LogP contribution in [0.15, 0.2) is 18.2 Å². The normalized spacial score (nSPS) is 11.1. The van der Waals surface area contributed by atoms with Crippen molar-refractivity contribution in [3.05, 3.63) is 21.2 Å². The van der Waals surface area contributed by atoms with E-state index in [1.807, 2.05) is 0 Å². The summed E-state index contributed by atoms with van der Waals surface area (Å²) in [7, 11) is 0. The van der Waals surface area contributed by atoms with Gasteiger partial charge in [0.25, 0.3) is 0 Å². The van der Waals surface area contributed by atoms with Gasteiger partial charge in [0.1, 0.15) is 5.75 Å². The van der Waals surface area contributed by atoms with E-state index < -0.39 is 6.61 Å². The number of hydrogen-bond acceptors (Lipinski definition) is 3. The molecule has 0 saturated heterocycles. The van der Waals surface area contributed by atoms with Gasteiger partial charge in [-0.25, -0.2) is 4.98 Å². The lowest BCUT2D eigenvalue weighted by Gasteiger charge is -2.02. The van der Waals surface area contributed by atoms with Crippen LogP contribution in [0.3, 0.4) is 0 Å². The van der Waals surface area contributed by atoms with Crippen LogP contribution in [0.2, 0.25) is 0 Å². The maximum atomic E-state index is 11.9. The summed E-state index contributed by atoms with van der Waals surface area (Å²) in [5.41, 5.74) is 0.692. The van der Waals surface area contributed by atoms with E-state index in [1.165, 1.54) is 23.5 Å². The molecule has 74 valence electrons. The van der Waals surface area contributed by atoms with Gasteiger partial charge in [-0.05, 0) is 34.7 Å². The van der Waals surface area contributed by atoms with Crippen LogP contribution in [-0.4, -0.2) is 11.6 Å².